The van der Waals surface area contributed by atoms with Crippen LogP contribution >= 0.6 is 34.8 Å². The summed E-state index contributed by atoms with van der Waals surface area (Å²) in [5.41, 5.74) is 1.12. The highest BCUT2D eigenvalue weighted by atomic mass is 35.5. The molecule has 1 aliphatic carbocycles. The highest BCUT2D eigenvalue weighted by molar-refractivity contribution is 6.34. The Morgan fingerprint density at radius 2 is 1.76 bits per heavy atom. The molecule has 0 bridgehead atoms. The lowest BCUT2D eigenvalue weighted by Gasteiger charge is -2.38. The maximum atomic E-state index is 6.66. The molecule has 2 rings (SSSR count). The lowest BCUT2D eigenvalue weighted by atomic mass is 9.71. The molecule has 1 aromatic carbocycles. The van der Waals surface area contributed by atoms with Crippen molar-refractivity contribution in [1.82, 2.24) is 0 Å². The summed E-state index contributed by atoms with van der Waals surface area (Å²) in [6.45, 7) is 2.26. The van der Waals surface area contributed by atoms with Crippen LogP contribution < -0.4 is 0 Å². The fourth-order valence-corrected chi connectivity index (χ4v) is 3.56. The van der Waals surface area contributed by atoms with Crippen LogP contribution in [0.25, 0.3) is 0 Å². The van der Waals surface area contributed by atoms with Crippen LogP contribution in [-0.2, 0) is 0 Å². The first-order chi connectivity index (χ1) is 8.03. The van der Waals surface area contributed by atoms with Crippen molar-refractivity contribution in [2.24, 2.45) is 5.41 Å². The molecule has 0 heterocycles. The van der Waals surface area contributed by atoms with E-state index in [1.807, 2.05) is 12.1 Å². The average molecular weight is 292 g/mol. The van der Waals surface area contributed by atoms with Gasteiger partial charge in [0.25, 0.3) is 0 Å². The minimum absolute atomic E-state index is 0.0472. The lowest BCUT2D eigenvalue weighted by Crippen LogP contribution is -2.25. The Bertz CT molecular complexity index is 394. The third-order valence-corrected chi connectivity index (χ3v) is 5.18. The van der Waals surface area contributed by atoms with Gasteiger partial charge in [0.05, 0.1) is 5.38 Å². The molecule has 0 radical (unpaired) electrons. The Morgan fingerprint density at radius 3 is 2.41 bits per heavy atom. The minimum atomic E-state index is -0.0472. The zero-order chi connectivity index (χ0) is 12.5. The van der Waals surface area contributed by atoms with Gasteiger partial charge in [-0.05, 0) is 42.0 Å². The van der Waals surface area contributed by atoms with Gasteiger partial charge >= 0.3 is 0 Å². The second-order valence-corrected chi connectivity index (χ2v) is 6.52. The number of rotatable bonds is 2. The van der Waals surface area contributed by atoms with Gasteiger partial charge < -0.3 is 0 Å². The second-order valence-electron chi connectivity index (χ2n) is 5.24. The first kappa shape index (κ1) is 13.5. The summed E-state index contributed by atoms with van der Waals surface area (Å²) >= 11 is 18.9. The van der Waals surface area contributed by atoms with Crippen molar-refractivity contribution in [3.8, 4) is 0 Å². The Hall–Kier alpha value is 0.0900. The Morgan fingerprint density at radius 1 is 1.12 bits per heavy atom. The van der Waals surface area contributed by atoms with E-state index in [2.05, 4.69) is 6.92 Å². The fourth-order valence-electron chi connectivity index (χ4n) is 2.70. The predicted molar refractivity (Wildman–Crippen MR) is 76.2 cm³/mol. The largest absolute Gasteiger partial charge is 0.117 e. The molecule has 0 amide bonds. The number of alkyl halides is 1. The summed E-state index contributed by atoms with van der Waals surface area (Å²) < 4.78 is 0. The maximum absolute atomic E-state index is 6.66. The van der Waals surface area contributed by atoms with Crippen molar-refractivity contribution in [3.63, 3.8) is 0 Å². The molecule has 1 atom stereocenters. The normalized spacial score (nSPS) is 21.2. The van der Waals surface area contributed by atoms with Crippen LogP contribution in [0, 0.1) is 5.41 Å². The summed E-state index contributed by atoms with van der Waals surface area (Å²) in [6, 6.07) is 5.54. The Kier molecular flexibility index (Phi) is 4.28. The number of benzene rings is 1. The second kappa shape index (κ2) is 5.38. The Labute approximate surface area is 118 Å². The summed E-state index contributed by atoms with van der Waals surface area (Å²) in [5, 5.41) is 1.38. The van der Waals surface area contributed by atoms with Crippen LogP contribution in [0.3, 0.4) is 0 Å². The van der Waals surface area contributed by atoms with Crippen molar-refractivity contribution in [3.05, 3.63) is 33.8 Å². The fraction of sp³-hybridized carbons (Fsp3) is 0.571. The van der Waals surface area contributed by atoms with Gasteiger partial charge in [-0.15, -0.1) is 11.6 Å². The monoisotopic (exact) mass is 290 g/mol. The summed E-state index contributed by atoms with van der Waals surface area (Å²) in [6.07, 6.45) is 6.19. The summed E-state index contributed by atoms with van der Waals surface area (Å²) in [4.78, 5) is 0. The third kappa shape index (κ3) is 2.92. The zero-order valence-corrected chi connectivity index (χ0v) is 12.2. The highest BCUT2D eigenvalue weighted by Gasteiger charge is 2.36. The van der Waals surface area contributed by atoms with Gasteiger partial charge in [0.2, 0.25) is 0 Å². The van der Waals surface area contributed by atoms with Crippen LogP contribution in [-0.4, -0.2) is 0 Å². The van der Waals surface area contributed by atoms with E-state index in [0.717, 1.165) is 10.6 Å². The van der Waals surface area contributed by atoms with E-state index in [1.54, 1.807) is 6.07 Å². The van der Waals surface area contributed by atoms with Gasteiger partial charge in [-0.2, -0.15) is 0 Å². The van der Waals surface area contributed by atoms with E-state index >= 15 is 0 Å². The van der Waals surface area contributed by atoms with Gasteiger partial charge in [-0.25, -0.2) is 0 Å². The topological polar surface area (TPSA) is 0 Å². The van der Waals surface area contributed by atoms with Crippen molar-refractivity contribution < 1.29 is 0 Å². The minimum Gasteiger partial charge on any atom is -0.117 e. The van der Waals surface area contributed by atoms with Gasteiger partial charge in [-0.3, -0.25) is 0 Å². The van der Waals surface area contributed by atoms with Crippen molar-refractivity contribution in [1.29, 1.82) is 0 Å². The van der Waals surface area contributed by atoms with E-state index in [-0.39, 0.29) is 10.8 Å². The van der Waals surface area contributed by atoms with Crippen molar-refractivity contribution >= 4 is 34.8 Å². The quantitative estimate of drug-likeness (QED) is 0.565. The molecule has 1 fully saturated rings. The molecule has 0 N–H and O–H groups in total. The molecule has 1 unspecified atom stereocenters. The standard InChI is InChI=1S/C14H17Cl3/c1-14(7-3-2-4-8-14)13(17)11-9-10(15)5-6-12(11)16/h5-6,9,13H,2-4,7-8H2,1H3. The molecule has 1 saturated carbocycles. The van der Waals surface area contributed by atoms with Gasteiger partial charge in [0, 0.05) is 10.0 Å². The van der Waals surface area contributed by atoms with Gasteiger partial charge in [0.1, 0.15) is 0 Å². The number of hydrogen-bond donors (Lipinski definition) is 0. The molecule has 0 spiro atoms. The zero-order valence-electron chi connectivity index (χ0n) is 9.98. The number of hydrogen-bond acceptors (Lipinski definition) is 0. The van der Waals surface area contributed by atoms with Crippen LogP contribution in [0.15, 0.2) is 18.2 Å². The van der Waals surface area contributed by atoms with Gasteiger partial charge in [-0.1, -0.05) is 49.4 Å². The first-order valence-corrected chi connectivity index (χ1v) is 7.31. The van der Waals surface area contributed by atoms with Crippen LogP contribution in [0.4, 0.5) is 0 Å². The van der Waals surface area contributed by atoms with E-state index in [4.69, 9.17) is 34.8 Å². The van der Waals surface area contributed by atoms with E-state index < -0.39 is 0 Å². The molecule has 94 valence electrons. The number of halogens is 3. The van der Waals surface area contributed by atoms with Crippen molar-refractivity contribution in [2.75, 3.05) is 0 Å². The molecule has 1 aliphatic rings. The third-order valence-electron chi connectivity index (χ3n) is 3.84. The molecule has 1 aromatic rings. The molecule has 0 aliphatic heterocycles. The lowest BCUT2D eigenvalue weighted by molar-refractivity contribution is 0.206. The smallest absolute Gasteiger partial charge is 0.0653 e. The maximum Gasteiger partial charge on any atom is 0.0653 e. The Balaban J connectivity index is 2.29. The molecule has 0 nitrogen and oxygen atoms in total. The van der Waals surface area contributed by atoms with Crippen LogP contribution in [0.5, 0.6) is 0 Å². The molecular weight excluding hydrogens is 275 g/mol. The highest BCUT2D eigenvalue weighted by Crippen LogP contribution is 2.50. The van der Waals surface area contributed by atoms with Gasteiger partial charge in [0.15, 0.2) is 0 Å². The molecule has 3 heteroatoms. The van der Waals surface area contributed by atoms with Crippen LogP contribution in [0.2, 0.25) is 10.0 Å². The van der Waals surface area contributed by atoms with E-state index in [1.165, 1.54) is 32.1 Å². The molecule has 0 saturated heterocycles. The molecule has 17 heavy (non-hydrogen) atoms. The predicted octanol–water partition coefficient (Wildman–Crippen LogP) is 6.24. The van der Waals surface area contributed by atoms with E-state index in [0.29, 0.717) is 5.02 Å². The SMILES string of the molecule is CC1(C(Cl)c2cc(Cl)ccc2Cl)CCCCC1. The van der Waals surface area contributed by atoms with Crippen molar-refractivity contribution in [2.45, 2.75) is 44.4 Å². The average Bonchev–Trinajstić information content (AvgIpc) is 2.32. The summed E-state index contributed by atoms with van der Waals surface area (Å²) in [7, 11) is 0. The summed E-state index contributed by atoms with van der Waals surface area (Å²) in [5.74, 6) is 0. The molecular formula is C14H17Cl3. The first-order valence-electron chi connectivity index (χ1n) is 6.12. The van der Waals surface area contributed by atoms with Crippen LogP contribution in [0.1, 0.15) is 50.0 Å². The van der Waals surface area contributed by atoms with E-state index in [9.17, 15) is 0 Å². The molecule has 0 aromatic heterocycles.